The summed E-state index contributed by atoms with van der Waals surface area (Å²) in [6.07, 6.45) is 3.75. The first-order valence-corrected chi connectivity index (χ1v) is 6.49. The van der Waals surface area contributed by atoms with Crippen LogP contribution in [0.25, 0.3) is 0 Å². The number of hydrogen-bond acceptors (Lipinski definition) is 2. The van der Waals surface area contributed by atoms with Crippen LogP contribution in [0.1, 0.15) is 26.7 Å². The van der Waals surface area contributed by atoms with Crippen molar-refractivity contribution >= 4 is 10.8 Å². The largest absolute Gasteiger partial charge is 0.311 e. The Kier molecular flexibility index (Phi) is 7.19. The molecule has 0 rings (SSSR count). The third-order valence-electron chi connectivity index (χ3n) is 2.04. The van der Waals surface area contributed by atoms with Crippen LogP contribution in [0.2, 0.25) is 0 Å². The summed E-state index contributed by atoms with van der Waals surface area (Å²) in [5.41, 5.74) is 1.23. The van der Waals surface area contributed by atoms with E-state index in [1.54, 1.807) is 6.26 Å². The molecule has 0 aromatic heterocycles. The van der Waals surface area contributed by atoms with Crippen molar-refractivity contribution in [1.29, 1.82) is 0 Å². The molecule has 2 unspecified atom stereocenters. The Morgan fingerprint density at radius 2 is 2.23 bits per heavy atom. The van der Waals surface area contributed by atoms with E-state index in [9.17, 15) is 4.21 Å². The molecule has 0 bridgehead atoms. The van der Waals surface area contributed by atoms with Gasteiger partial charge in [-0.25, -0.2) is 0 Å². The van der Waals surface area contributed by atoms with Gasteiger partial charge in [0.15, 0.2) is 0 Å². The van der Waals surface area contributed by atoms with Gasteiger partial charge in [-0.1, -0.05) is 19.1 Å². The number of hydrogen-bond donors (Lipinski definition) is 1. The Morgan fingerprint density at radius 3 is 2.69 bits per heavy atom. The summed E-state index contributed by atoms with van der Waals surface area (Å²) in [7, 11) is -0.665. The van der Waals surface area contributed by atoms with Gasteiger partial charge in [-0.15, -0.1) is 0 Å². The molecule has 0 radical (unpaired) electrons. The van der Waals surface area contributed by atoms with Crippen molar-refractivity contribution in [3.8, 4) is 0 Å². The first-order valence-electron chi connectivity index (χ1n) is 4.76. The molecule has 0 aromatic rings. The van der Waals surface area contributed by atoms with Crippen LogP contribution in [-0.2, 0) is 10.8 Å². The Balaban J connectivity index is 3.45. The van der Waals surface area contributed by atoms with Crippen molar-refractivity contribution in [2.75, 3.05) is 18.6 Å². The Labute approximate surface area is 84.3 Å². The van der Waals surface area contributed by atoms with Gasteiger partial charge in [0.25, 0.3) is 0 Å². The highest BCUT2D eigenvalue weighted by Gasteiger charge is 2.02. The zero-order valence-electron chi connectivity index (χ0n) is 8.93. The maximum atomic E-state index is 10.8. The van der Waals surface area contributed by atoms with Crippen molar-refractivity contribution < 1.29 is 4.21 Å². The van der Waals surface area contributed by atoms with Crippen LogP contribution in [0.15, 0.2) is 12.2 Å². The van der Waals surface area contributed by atoms with E-state index in [0.29, 0.717) is 6.04 Å². The molecular formula is C10H21NOS. The first-order chi connectivity index (χ1) is 6.06. The minimum Gasteiger partial charge on any atom is -0.311 e. The smallest absolute Gasteiger partial charge is 0.0246 e. The summed E-state index contributed by atoms with van der Waals surface area (Å²) in [5, 5.41) is 3.35. The van der Waals surface area contributed by atoms with Crippen molar-refractivity contribution in [3.05, 3.63) is 12.2 Å². The SMILES string of the molecule is C=C(CC)CNC(C)CCS(C)=O. The van der Waals surface area contributed by atoms with Crippen LogP contribution in [0.3, 0.4) is 0 Å². The van der Waals surface area contributed by atoms with Gasteiger partial charge in [-0.2, -0.15) is 0 Å². The number of rotatable bonds is 7. The standard InChI is InChI=1S/C10H21NOS/c1-5-9(2)8-11-10(3)6-7-13(4)12/h10-11H,2,5-8H2,1,3-4H3. The zero-order chi connectivity index (χ0) is 10.3. The van der Waals surface area contributed by atoms with E-state index in [0.717, 1.165) is 25.1 Å². The van der Waals surface area contributed by atoms with E-state index >= 15 is 0 Å². The zero-order valence-corrected chi connectivity index (χ0v) is 9.75. The molecule has 0 saturated carbocycles. The molecule has 0 saturated heterocycles. The molecule has 78 valence electrons. The minimum absolute atomic E-state index is 0.437. The van der Waals surface area contributed by atoms with E-state index in [-0.39, 0.29) is 0 Å². The molecular weight excluding hydrogens is 182 g/mol. The summed E-state index contributed by atoms with van der Waals surface area (Å²) in [6.45, 7) is 9.03. The Morgan fingerprint density at radius 1 is 1.62 bits per heavy atom. The van der Waals surface area contributed by atoms with Gasteiger partial charge in [0.2, 0.25) is 0 Å². The fraction of sp³-hybridized carbons (Fsp3) is 0.800. The van der Waals surface area contributed by atoms with Crippen LogP contribution in [0.4, 0.5) is 0 Å². The lowest BCUT2D eigenvalue weighted by molar-refractivity contribution is 0.556. The lowest BCUT2D eigenvalue weighted by Crippen LogP contribution is -2.29. The second kappa shape index (κ2) is 7.27. The highest BCUT2D eigenvalue weighted by Crippen LogP contribution is 1.97. The molecule has 2 atom stereocenters. The van der Waals surface area contributed by atoms with Gasteiger partial charge in [-0.3, -0.25) is 4.21 Å². The second-order valence-electron chi connectivity index (χ2n) is 3.45. The van der Waals surface area contributed by atoms with E-state index in [1.807, 2.05) is 0 Å². The van der Waals surface area contributed by atoms with Crippen LogP contribution in [0, 0.1) is 0 Å². The maximum absolute atomic E-state index is 10.8. The van der Waals surface area contributed by atoms with E-state index in [1.165, 1.54) is 5.57 Å². The molecule has 2 nitrogen and oxygen atoms in total. The van der Waals surface area contributed by atoms with Gasteiger partial charge in [0.1, 0.15) is 0 Å². The second-order valence-corrected chi connectivity index (χ2v) is 5.01. The highest BCUT2D eigenvalue weighted by molar-refractivity contribution is 7.84. The first kappa shape index (κ1) is 12.8. The quantitative estimate of drug-likeness (QED) is 0.638. The molecule has 0 aliphatic carbocycles. The molecule has 3 heteroatoms. The van der Waals surface area contributed by atoms with Crippen molar-refractivity contribution in [3.63, 3.8) is 0 Å². The molecule has 1 N–H and O–H groups in total. The average Bonchev–Trinajstić information content (AvgIpc) is 2.10. The molecule has 0 aliphatic heterocycles. The molecule has 0 aromatic carbocycles. The molecule has 13 heavy (non-hydrogen) atoms. The van der Waals surface area contributed by atoms with Gasteiger partial charge >= 0.3 is 0 Å². The summed E-state index contributed by atoms with van der Waals surface area (Å²) in [6, 6.07) is 0.437. The van der Waals surface area contributed by atoms with Crippen LogP contribution >= 0.6 is 0 Å². The third kappa shape index (κ3) is 8.19. The predicted octanol–water partition coefficient (Wildman–Crippen LogP) is 1.70. The predicted molar refractivity (Wildman–Crippen MR) is 60.4 cm³/mol. The molecule has 0 heterocycles. The molecule has 0 fully saturated rings. The molecule has 0 amide bonds. The normalized spacial score (nSPS) is 15.3. The topological polar surface area (TPSA) is 29.1 Å². The molecule has 0 aliphatic rings. The summed E-state index contributed by atoms with van der Waals surface area (Å²) < 4.78 is 10.8. The number of nitrogens with one attached hydrogen (secondary N) is 1. The van der Waals surface area contributed by atoms with Crippen molar-refractivity contribution in [2.24, 2.45) is 0 Å². The highest BCUT2D eigenvalue weighted by atomic mass is 32.2. The minimum atomic E-state index is -0.665. The van der Waals surface area contributed by atoms with Gasteiger partial charge in [0, 0.05) is 35.4 Å². The van der Waals surface area contributed by atoms with Gasteiger partial charge in [0.05, 0.1) is 0 Å². The van der Waals surface area contributed by atoms with Crippen LogP contribution < -0.4 is 5.32 Å². The maximum Gasteiger partial charge on any atom is 0.0246 e. The lowest BCUT2D eigenvalue weighted by atomic mass is 10.2. The van der Waals surface area contributed by atoms with Gasteiger partial charge < -0.3 is 5.32 Å². The van der Waals surface area contributed by atoms with E-state index < -0.39 is 10.8 Å². The summed E-state index contributed by atoms with van der Waals surface area (Å²) in [4.78, 5) is 0. The average molecular weight is 203 g/mol. The summed E-state index contributed by atoms with van der Waals surface area (Å²) >= 11 is 0. The van der Waals surface area contributed by atoms with E-state index in [4.69, 9.17) is 0 Å². The monoisotopic (exact) mass is 203 g/mol. The Bertz CT molecular complexity index is 180. The van der Waals surface area contributed by atoms with E-state index in [2.05, 4.69) is 25.7 Å². The molecule has 0 spiro atoms. The fourth-order valence-corrected chi connectivity index (χ4v) is 1.57. The van der Waals surface area contributed by atoms with Crippen molar-refractivity contribution in [1.82, 2.24) is 5.32 Å². The van der Waals surface area contributed by atoms with Crippen molar-refractivity contribution in [2.45, 2.75) is 32.7 Å². The third-order valence-corrected chi connectivity index (χ3v) is 2.85. The van der Waals surface area contributed by atoms with Gasteiger partial charge in [-0.05, 0) is 19.8 Å². The van der Waals surface area contributed by atoms with Crippen LogP contribution in [0.5, 0.6) is 0 Å². The fourth-order valence-electron chi connectivity index (χ4n) is 0.888. The van der Waals surface area contributed by atoms with Crippen LogP contribution in [-0.4, -0.2) is 28.8 Å². The Hall–Kier alpha value is -0.150. The lowest BCUT2D eigenvalue weighted by Gasteiger charge is -2.13. The summed E-state index contributed by atoms with van der Waals surface area (Å²) in [5.74, 6) is 0.784.